The van der Waals surface area contributed by atoms with Crippen LogP contribution in [0.1, 0.15) is 73.5 Å². The molecule has 0 aliphatic carbocycles. The van der Waals surface area contributed by atoms with Crippen LogP contribution in [-0.4, -0.2) is 83.8 Å². The number of anilines is 2. The van der Waals surface area contributed by atoms with E-state index in [1.807, 2.05) is 0 Å². The average Bonchev–Trinajstić information content (AvgIpc) is 3.10. The number of rotatable bonds is 7. The second-order valence-corrected chi connectivity index (χ2v) is 15.7. The van der Waals surface area contributed by atoms with E-state index >= 15 is 0 Å². The number of piperidine rings is 4. The quantitative estimate of drug-likeness (QED) is 0.333. The summed E-state index contributed by atoms with van der Waals surface area (Å²) in [7, 11) is 3.83. The smallest absolute Gasteiger partial charge is 0.282 e. The molecule has 11 heteroatoms. The lowest BCUT2D eigenvalue weighted by Crippen LogP contribution is -2.46. The predicted octanol–water partition coefficient (Wildman–Crippen LogP) is 4.85. The number of amides is 2. The fourth-order valence-corrected chi connectivity index (χ4v) is 8.98. The first-order valence-corrected chi connectivity index (χ1v) is 18.6. The van der Waals surface area contributed by atoms with E-state index < -0.39 is 0 Å². The fourth-order valence-electron chi connectivity index (χ4n) is 8.50. The van der Waals surface area contributed by atoms with Gasteiger partial charge in [-0.15, -0.1) is 0 Å². The highest BCUT2D eigenvalue weighted by molar-refractivity contribution is 9.10. The number of benzene rings is 2. The van der Waals surface area contributed by atoms with E-state index in [4.69, 9.17) is 0 Å². The Balaban J connectivity index is 0.879. The number of halogens is 1. The summed E-state index contributed by atoms with van der Waals surface area (Å²) in [6.45, 7) is 7.39. The molecule has 260 valence electrons. The molecule has 4 fully saturated rings. The highest BCUT2D eigenvalue weighted by atomic mass is 79.9. The molecule has 0 bridgehead atoms. The molecular formula is C38H48BrN7O3. The van der Waals surface area contributed by atoms with Crippen molar-refractivity contribution < 1.29 is 9.59 Å². The minimum absolute atomic E-state index is 0.136. The number of likely N-dealkylation sites (N-methyl/N-ethyl adjacent to an activating group) is 1. The third-order valence-corrected chi connectivity index (χ3v) is 12.3. The average molecular weight is 731 g/mol. The Morgan fingerprint density at radius 3 is 2.27 bits per heavy atom. The summed E-state index contributed by atoms with van der Waals surface area (Å²) < 4.78 is 1.87. The van der Waals surface area contributed by atoms with Gasteiger partial charge in [-0.05, 0) is 115 Å². The molecule has 49 heavy (non-hydrogen) atoms. The third-order valence-electron chi connectivity index (χ3n) is 11.6. The van der Waals surface area contributed by atoms with Gasteiger partial charge in [-0.1, -0.05) is 36.4 Å². The van der Waals surface area contributed by atoms with Crippen molar-refractivity contribution in [3.05, 3.63) is 86.2 Å². The van der Waals surface area contributed by atoms with Crippen LogP contribution in [0.3, 0.4) is 0 Å². The molecule has 2 N–H and O–H groups in total. The molecule has 4 aliphatic rings. The maximum atomic E-state index is 12.3. The number of hydrogen-bond acceptors (Lipinski definition) is 8. The standard InChI is InChI=1S/C38H48BrN7O3/c1-43-24-29(21-30(25-43)41-33-22-40-44(2)37(49)35(33)39)27-5-3-26(4-6-27)23-45-17-13-38(14-18-45)15-19-46(20-16-38)31-9-7-28(8-10-31)32-11-12-34(47)42-36(32)48/h3-10,22,29-30,32,41H,11-21,23-25H2,1-2H3,(H,42,47,48)/t29-,30+,32?/m0/s1. The fraction of sp³-hybridized carbons (Fsp3) is 0.526. The summed E-state index contributed by atoms with van der Waals surface area (Å²) in [5.41, 5.74) is 6.04. The van der Waals surface area contributed by atoms with Gasteiger partial charge in [0.1, 0.15) is 4.47 Å². The first-order valence-electron chi connectivity index (χ1n) is 17.8. The van der Waals surface area contributed by atoms with E-state index in [-0.39, 0.29) is 29.3 Å². The van der Waals surface area contributed by atoms with Gasteiger partial charge in [0.15, 0.2) is 0 Å². The molecule has 4 saturated heterocycles. The number of carbonyl (C=O) groups excluding carboxylic acids is 2. The molecule has 7 rings (SSSR count). The molecule has 0 saturated carbocycles. The summed E-state index contributed by atoms with van der Waals surface area (Å²) in [5, 5.41) is 10.2. The van der Waals surface area contributed by atoms with Crippen molar-refractivity contribution in [1.29, 1.82) is 0 Å². The molecule has 2 amide bonds. The van der Waals surface area contributed by atoms with Crippen LogP contribution >= 0.6 is 15.9 Å². The Hall–Kier alpha value is -3.54. The van der Waals surface area contributed by atoms with Crippen molar-refractivity contribution in [2.24, 2.45) is 12.5 Å². The van der Waals surface area contributed by atoms with Gasteiger partial charge in [0.05, 0.1) is 17.8 Å². The highest BCUT2D eigenvalue weighted by Gasteiger charge is 2.38. The molecular weight excluding hydrogens is 682 g/mol. The SMILES string of the molecule is CN1C[C@H](Nc2cnn(C)c(=O)c2Br)C[C@H](c2ccc(CN3CCC4(CC3)CCN(c3ccc(C5CCC(=O)NC5=O)cc3)CC4)cc2)C1. The Kier molecular flexibility index (Phi) is 9.95. The number of nitrogens with one attached hydrogen (secondary N) is 2. The van der Waals surface area contributed by atoms with Gasteiger partial charge in [0.25, 0.3) is 5.56 Å². The Labute approximate surface area is 297 Å². The molecule has 1 spiro atoms. The van der Waals surface area contributed by atoms with Crippen molar-refractivity contribution in [2.75, 3.05) is 56.5 Å². The zero-order valence-electron chi connectivity index (χ0n) is 28.7. The number of imide groups is 1. The van der Waals surface area contributed by atoms with Crippen LogP contribution < -0.4 is 21.1 Å². The minimum atomic E-state index is -0.227. The second-order valence-electron chi connectivity index (χ2n) is 14.9. The summed E-state index contributed by atoms with van der Waals surface area (Å²) in [6.07, 6.45) is 8.70. The lowest BCUT2D eigenvalue weighted by molar-refractivity contribution is -0.134. The molecule has 5 heterocycles. The minimum Gasteiger partial charge on any atom is -0.379 e. The van der Waals surface area contributed by atoms with Gasteiger partial charge in [0.2, 0.25) is 11.8 Å². The van der Waals surface area contributed by atoms with Crippen LogP contribution in [0.2, 0.25) is 0 Å². The lowest BCUT2D eigenvalue weighted by atomic mass is 9.71. The Morgan fingerprint density at radius 1 is 0.898 bits per heavy atom. The number of carbonyl (C=O) groups is 2. The maximum Gasteiger partial charge on any atom is 0.282 e. The molecule has 0 radical (unpaired) electrons. The highest BCUT2D eigenvalue weighted by Crippen LogP contribution is 2.42. The van der Waals surface area contributed by atoms with Gasteiger partial charge >= 0.3 is 0 Å². The first kappa shape index (κ1) is 33.9. The van der Waals surface area contributed by atoms with E-state index in [1.165, 1.54) is 47.2 Å². The lowest BCUT2D eigenvalue weighted by Gasteiger charge is -2.47. The van der Waals surface area contributed by atoms with Crippen molar-refractivity contribution in [3.63, 3.8) is 0 Å². The Bertz CT molecular complexity index is 1710. The number of aromatic nitrogens is 2. The molecule has 1 unspecified atom stereocenters. The summed E-state index contributed by atoms with van der Waals surface area (Å²) in [6, 6.07) is 18.0. The zero-order valence-corrected chi connectivity index (χ0v) is 30.3. The normalized spacial score (nSPS) is 25.0. The topological polar surface area (TPSA) is 103 Å². The summed E-state index contributed by atoms with van der Waals surface area (Å²) in [5.74, 6) is -0.143. The molecule has 1 aromatic heterocycles. The van der Waals surface area contributed by atoms with Crippen LogP contribution in [0.15, 0.2) is 64.0 Å². The van der Waals surface area contributed by atoms with Gasteiger partial charge in [-0.3, -0.25) is 24.6 Å². The summed E-state index contributed by atoms with van der Waals surface area (Å²) >= 11 is 3.46. The van der Waals surface area contributed by atoms with Crippen LogP contribution in [-0.2, 0) is 23.2 Å². The van der Waals surface area contributed by atoms with E-state index in [0.717, 1.165) is 63.5 Å². The zero-order chi connectivity index (χ0) is 34.1. The molecule has 10 nitrogen and oxygen atoms in total. The third kappa shape index (κ3) is 7.64. The van der Waals surface area contributed by atoms with Crippen LogP contribution in [0.25, 0.3) is 0 Å². The number of aryl methyl sites for hydroxylation is 1. The Morgan fingerprint density at radius 2 is 1.57 bits per heavy atom. The van der Waals surface area contributed by atoms with Crippen LogP contribution in [0, 0.1) is 5.41 Å². The molecule has 3 atom stereocenters. The summed E-state index contributed by atoms with van der Waals surface area (Å²) in [4.78, 5) is 43.7. The van der Waals surface area contributed by atoms with E-state index in [1.54, 1.807) is 13.2 Å². The number of hydrogen-bond donors (Lipinski definition) is 2. The van der Waals surface area contributed by atoms with Crippen LogP contribution in [0.4, 0.5) is 11.4 Å². The van der Waals surface area contributed by atoms with Crippen molar-refractivity contribution in [1.82, 2.24) is 24.9 Å². The molecule has 4 aliphatic heterocycles. The molecule has 3 aromatic rings. The van der Waals surface area contributed by atoms with E-state index in [2.05, 4.69) is 102 Å². The van der Waals surface area contributed by atoms with Crippen molar-refractivity contribution in [2.45, 2.75) is 69.4 Å². The number of nitrogens with zero attached hydrogens (tertiary/aromatic N) is 5. The van der Waals surface area contributed by atoms with E-state index in [0.29, 0.717) is 28.6 Å². The molecule has 2 aromatic carbocycles. The first-order chi connectivity index (χ1) is 23.6. The van der Waals surface area contributed by atoms with Gasteiger partial charge in [-0.25, -0.2) is 4.68 Å². The monoisotopic (exact) mass is 729 g/mol. The van der Waals surface area contributed by atoms with Gasteiger partial charge in [-0.2, -0.15) is 5.10 Å². The van der Waals surface area contributed by atoms with E-state index in [9.17, 15) is 14.4 Å². The maximum absolute atomic E-state index is 12.3. The van der Waals surface area contributed by atoms with Crippen molar-refractivity contribution >= 4 is 39.1 Å². The van der Waals surface area contributed by atoms with Gasteiger partial charge < -0.3 is 15.1 Å². The van der Waals surface area contributed by atoms with Crippen molar-refractivity contribution in [3.8, 4) is 0 Å². The largest absolute Gasteiger partial charge is 0.379 e. The predicted molar refractivity (Wildman–Crippen MR) is 196 cm³/mol. The van der Waals surface area contributed by atoms with Crippen LogP contribution in [0.5, 0.6) is 0 Å². The number of likely N-dealkylation sites (tertiary alicyclic amines) is 2. The van der Waals surface area contributed by atoms with Gasteiger partial charge in [0, 0.05) is 57.9 Å². The second kappa shape index (κ2) is 14.4.